The van der Waals surface area contributed by atoms with Crippen LogP contribution in [0.15, 0.2) is 41.1 Å². The van der Waals surface area contributed by atoms with Gasteiger partial charge in [-0.05, 0) is 65.8 Å². The number of benzene rings is 2. The summed E-state index contributed by atoms with van der Waals surface area (Å²) >= 11 is 3.66. The van der Waals surface area contributed by atoms with Gasteiger partial charge in [0.1, 0.15) is 12.1 Å². The molecule has 2 aromatic carbocycles. The maximum Gasteiger partial charge on any atom is 0.416 e. The van der Waals surface area contributed by atoms with Gasteiger partial charge in [-0.15, -0.1) is 0 Å². The van der Waals surface area contributed by atoms with Crippen molar-refractivity contribution in [3.8, 4) is 0 Å². The van der Waals surface area contributed by atoms with Crippen LogP contribution in [-0.2, 0) is 6.18 Å². The third-order valence-corrected chi connectivity index (χ3v) is 6.34. The summed E-state index contributed by atoms with van der Waals surface area (Å²) in [4.78, 5) is 13.3. The molecule has 0 radical (unpaired) electrons. The minimum Gasteiger partial charge on any atom is -0.399 e. The quantitative estimate of drug-likeness (QED) is 0.487. The Morgan fingerprint density at radius 3 is 2.47 bits per heavy atom. The molecule has 2 heterocycles. The first-order chi connectivity index (χ1) is 15.1. The van der Waals surface area contributed by atoms with Gasteiger partial charge in [0.25, 0.3) is 0 Å². The highest BCUT2D eigenvalue weighted by atomic mass is 79.9. The van der Waals surface area contributed by atoms with E-state index in [2.05, 4.69) is 48.1 Å². The third-order valence-electron chi connectivity index (χ3n) is 5.71. The molecule has 4 rings (SSSR count). The van der Waals surface area contributed by atoms with Crippen LogP contribution in [0.5, 0.6) is 0 Å². The van der Waals surface area contributed by atoms with E-state index in [0.717, 1.165) is 59.4 Å². The van der Waals surface area contributed by atoms with E-state index in [1.807, 2.05) is 12.1 Å². The Kier molecular flexibility index (Phi) is 6.17. The molecule has 0 saturated carbocycles. The van der Waals surface area contributed by atoms with Gasteiger partial charge in [0, 0.05) is 41.7 Å². The molecule has 1 fully saturated rings. The number of nitrogen functional groups attached to an aromatic ring is 1. The molecule has 0 amide bonds. The first-order valence-corrected chi connectivity index (χ1v) is 11.0. The number of aromatic nitrogens is 2. The van der Waals surface area contributed by atoms with E-state index < -0.39 is 17.8 Å². The Hall–Kier alpha value is -2.59. The Balaban J connectivity index is 1.67. The van der Waals surface area contributed by atoms with Gasteiger partial charge in [-0.1, -0.05) is 0 Å². The summed E-state index contributed by atoms with van der Waals surface area (Å²) in [5.74, 6) is 0.557. The van der Waals surface area contributed by atoms with Crippen LogP contribution in [-0.4, -0.2) is 48.1 Å². The van der Waals surface area contributed by atoms with Crippen molar-refractivity contribution in [2.45, 2.75) is 19.1 Å². The van der Waals surface area contributed by atoms with E-state index in [4.69, 9.17) is 5.73 Å². The summed E-state index contributed by atoms with van der Waals surface area (Å²) in [6.45, 7) is 5.51. The Morgan fingerprint density at radius 2 is 1.78 bits per heavy atom. The number of anilines is 3. The number of halogens is 4. The fourth-order valence-corrected chi connectivity index (χ4v) is 4.43. The lowest BCUT2D eigenvalue weighted by Crippen LogP contribution is -2.44. The van der Waals surface area contributed by atoms with Gasteiger partial charge in [-0.25, -0.2) is 9.97 Å². The molecule has 1 unspecified atom stereocenters. The molecule has 1 aromatic heterocycles. The molecule has 170 valence electrons. The average molecular weight is 509 g/mol. The molecule has 1 atom stereocenters. The normalized spacial score (nSPS) is 16.4. The van der Waals surface area contributed by atoms with Crippen molar-refractivity contribution in [1.82, 2.24) is 14.9 Å². The summed E-state index contributed by atoms with van der Waals surface area (Å²) < 4.78 is 40.6. The molecule has 3 N–H and O–H groups in total. The van der Waals surface area contributed by atoms with Crippen LogP contribution in [0.3, 0.4) is 0 Å². The minimum atomic E-state index is -4.46. The fourth-order valence-electron chi connectivity index (χ4n) is 3.85. The number of hydrogen-bond donors (Lipinski definition) is 2. The monoisotopic (exact) mass is 508 g/mol. The van der Waals surface area contributed by atoms with Crippen LogP contribution in [0.4, 0.5) is 30.4 Å². The topological polar surface area (TPSA) is 70.3 Å². The molecule has 1 saturated heterocycles. The van der Waals surface area contributed by atoms with Gasteiger partial charge >= 0.3 is 6.18 Å². The van der Waals surface area contributed by atoms with E-state index in [1.165, 1.54) is 6.33 Å². The largest absolute Gasteiger partial charge is 0.416 e. The predicted molar refractivity (Wildman–Crippen MR) is 125 cm³/mol. The highest BCUT2D eigenvalue weighted by Crippen LogP contribution is 2.36. The van der Waals surface area contributed by atoms with Gasteiger partial charge in [-0.3, -0.25) is 0 Å². The highest BCUT2D eigenvalue weighted by molar-refractivity contribution is 9.10. The van der Waals surface area contributed by atoms with Crippen LogP contribution in [0.25, 0.3) is 10.9 Å². The molecule has 3 aromatic rings. The van der Waals surface area contributed by atoms with Gasteiger partial charge in [-0.2, -0.15) is 13.2 Å². The lowest BCUT2D eigenvalue weighted by Gasteiger charge is -2.34. The van der Waals surface area contributed by atoms with E-state index in [-0.39, 0.29) is 5.69 Å². The smallest absolute Gasteiger partial charge is 0.399 e. The van der Waals surface area contributed by atoms with Gasteiger partial charge < -0.3 is 20.9 Å². The highest BCUT2D eigenvalue weighted by Gasteiger charge is 2.31. The van der Waals surface area contributed by atoms with Crippen LogP contribution < -0.4 is 16.0 Å². The number of fused-ring (bicyclic) bond motifs is 1. The van der Waals surface area contributed by atoms with Crippen molar-refractivity contribution < 1.29 is 13.2 Å². The maximum atomic E-state index is 13.2. The first kappa shape index (κ1) is 22.6. The second-order valence-corrected chi connectivity index (χ2v) is 8.94. The van der Waals surface area contributed by atoms with E-state index in [9.17, 15) is 13.2 Å². The predicted octanol–water partition coefficient (Wildman–Crippen LogP) is 4.92. The van der Waals surface area contributed by atoms with Gasteiger partial charge in [0.15, 0.2) is 0 Å². The maximum absolute atomic E-state index is 13.2. The van der Waals surface area contributed by atoms with Crippen LogP contribution in [0.1, 0.15) is 24.1 Å². The number of piperazine rings is 1. The molecule has 1 aliphatic heterocycles. The summed E-state index contributed by atoms with van der Waals surface area (Å²) in [7, 11) is 2.10. The van der Waals surface area contributed by atoms with Crippen molar-refractivity contribution in [2.24, 2.45) is 0 Å². The van der Waals surface area contributed by atoms with Crippen molar-refractivity contribution >= 4 is 44.0 Å². The second-order valence-electron chi connectivity index (χ2n) is 8.09. The number of nitrogens with two attached hydrogens (primary N) is 1. The van der Waals surface area contributed by atoms with Crippen molar-refractivity contribution in [3.05, 3.63) is 52.3 Å². The van der Waals surface area contributed by atoms with E-state index in [1.54, 1.807) is 13.0 Å². The van der Waals surface area contributed by atoms with Gasteiger partial charge in [0.2, 0.25) is 0 Å². The molecule has 10 heteroatoms. The zero-order valence-electron chi connectivity index (χ0n) is 17.7. The summed E-state index contributed by atoms with van der Waals surface area (Å²) in [5.41, 5.74) is 7.25. The molecular weight excluding hydrogens is 485 g/mol. The molecule has 0 spiro atoms. The van der Waals surface area contributed by atoms with Crippen LogP contribution in [0.2, 0.25) is 0 Å². The summed E-state index contributed by atoms with van der Waals surface area (Å²) in [6.07, 6.45) is -3.02. The average Bonchev–Trinajstić information content (AvgIpc) is 2.73. The van der Waals surface area contributed by atoms with Gasteiger partial charge in [0.05, 0.1) is 22.8 Å². The number of likely N-dealkylation sites (N-methyl/N-ethyl adjacent to an activating group) is 1. The molecule has 1 aliphatic rings. The zero-order chi connectivity index (χ0) is 23.0. The standard InChI is InChI=1S/C22H24BrF3N6/c1-13(14-7-15(22(24,25)26)9-16(27)8-14)30-21-17-10-20(32-5-3-31(2)4-6-32)18(23)11-19(17)28-12-29-21/h7-13H,3-6,27H2,1-2H3,(H,28,29,30). The number of alkyl halides is 3. The minimum absolute atomic E-state index is 0.0669. The molecule has 6 nitrogen and oxygen atoms in total. The van der Waals surface area contributed by atoms with Crippen molar-refractivity contribution in [3.63, 3.8) is 0 Å². The fraction of sp³-hybridized carbons (Fsp3) is 0.364. The Morgan fingerprint density at radius 1 is 1.06 bits per heavy atom. The lowest BCUT2D eigenvalue weighted by molar-refractivity contribution is -0.137. The SMILES string of the molecule is CC(Nc1ncnc2cc(Br)c(N3CCN(C)CC3)cc12)c1cc(N)cc(C(F)(F)F)c1. The molecular formula is C22H24BrF3N6. The zero-order valence-corrected chi connectivity index (χ0v) is 19.3. The number of nitrogens with one attached hydrogen (secondary N) is 1. The number of hydrogen-bond acceptors (Lipinski definition) is 6. The second kappa shape index (κ2) is 8.74. The molecule has 0 bridgehead atoms. The lowest BCUT2D eigenvalue weighted by atomic mass is 10.0. The van der Waals surface area contributed by atoms with Crippen LogP contribution in [0, 0.1) is 0 Å². The van der Waals surface area contributed by atoms with E-state index in [0.29, 0.717) is 11.4 Å². The van der Waals surface area contributed by atoms with Crippen molar-refractivity contribution in [1.29, 1.82) is 0 Å². The Labute approximate surface area is 192 Å². The number of rotatable bonds is 4. The summed E-state index contributed by atoms with van der Waals surface area (Å²) in [5, 5.41) is 4.05. The molecule has 32 heavy (non-hydrogen) atoms. The van der Waals surface area contributed by atoms with E-state index >= 15 is 0 Å². The molecule has 0 aliphatic carbocycles. The van der Waals surface area contributed by atoms with Crippen LogP contribution >= 0.6 is 15.9 Å². The summed E-state index contributed by atoms with van der Waals surface area (Å²) in [6, 6.07) is 7.12. The first-order valence-electron chi connectivity index (χ1n) is 10.2. The Bertz CT molecular complexity index is 1130. The van der Waals surface area contributed by atoms with Crippen molar-refractivity contribution in [2.75, 3.05) is 49.2 Å². The number of nitrogens with zero attached hydrogens (tertiary/aromatic N) is 4. The third kappa shape index (κ3) is 4.75.